The first-order valence-corrected chi connectivity index (χ1v) is 5.78. The molecule has 1 atom stereocenters. The van der Waals surface area contributed by atoms with Crippen molar-refractivity contribution < 1.29 is 14.1 Å². The van der Waals surface area contributed by atoms with Crippen molar-refractivity contribution in [2.24, 2.45) is 0 Å². The van der Waals surface area contributed by atoms with Crippen molar-refractivity contribution in [3.05, 3.63) is 34.1 Å². The van der Waals surface area contributed by atoms with E-state index in [1.807, 2.05) is 0 Å². The van der Waals surface area contributed by atoms with E-state index in [-0.39, 0.29) is 11.8 Å². The molecular weight excluding hydrogens is 295 g/mol. The Labute approximate surface area is 106 Å². The third-order valence-electron chi connectivity index (χ3n) is 2.57. The van der Waals surface area contributed by atoms with Crippen molar-refractivity contribution in [2.45, 2.75) is 12.5 Å². The summed E-state index contributed by atoms with van der Waals surface area (Å²) in [6, 6.07) is 4.00. The summed E-state index contributed by atoms with van der Waals surface area (Å²) in [4.78, 5) is 10.1. The van der Waals surface area contributed by atoms with Crippen LogP contribution in [0.1, 0.15) is 6.42 Å². The van der Waals surface area contributed by atoms with Gasteiger partial charge in [-0.05, 0) is 18.6 Å². The first-order chi connectivity index (χ1) is 8.09. The minimum Gasteiger partial charge on any atom is -0.376 e. The van der Waals surface area contributed by atoms with Gasteiger partial charge in [-0.25, -0.2) is 0 Å². The molecule has 0 spiro atoms. The Bertz CT molecular complexity index is 440. The average Bonchev–Trinajstić information content (AvgIpc) is 2.22. The van der Waals surface area contributed by atoms with E-state index in [0.717, 1.165) is 12.5 Å². The minimum atomic E-state index is -0.841. The zero-order valence-electron chi connectivity index (χ0n) is 8.81. The Hall–Kier alpha value is -1.21. The Kier molecular flexibility index (Phi) is 3.58. The van der Waals surface area contributed by atoms with Crippen LogP contribution in [-0.4, -0.2) is 24.2 Å². The molecule has 92 valence electrons. The van der Waals surface area contributed by atoms with Crippen LogP contribution in [0.4, 0.5) is 15.8 Å². The van der Waals surface area contributed by atoms with E-state index in [2.05, 4.69) is 16.1 Å². The molecule has 0 radical (unpaired) electrons. The molecule has 1 saturated heterocycles. The summed E-state index contributed by atoms with van der Waals surface area (Å²) in [5.74, 6) is -0.841. The number of nitrogens with zero attached hydrogens (tertiary/aromatic N) is 2. The summed E-state index contributed by atoms with van der Waals surface area (Å²) in [7, 11) is 0. The van der Waals surface area contributed by atoms with Crippen LogP contribution in [0.3, 0.4) is 0 Å². The van der Waals surface area contributed by atoms with Crippen molar-refractivity contribution in [2.75, 3.05) is 17.1 Å². The maximum absolute atomic E-state index is 13.4. The molecule has 0 bridgehead atoms. The highest BCUT2D eigenvalue weighted by molar-refractivity contribution is 9.10. The van der Waals surface area contributed by atoms with Gasteiger partial charge in [-0.15, -0.1) is 0 Å². The second-order valence-electron chi connectivity index (χ2n) is 3.69. The fourth-order valence-corrected chi connectivity index (χ4v) is 2.20. The molecule has 2 rings (SSSR count). The molecule has 1 aromatic rings. The largest absolute Gasteiger partial charge is 0.376 e. The standard InChI is InChI=1S/C10H10BrFN2O3/c11-13(6-7-4-5-17-7)9-3-1-2-8(12)10(9)14(15)16/h1-3,7H,4-6H2/t7-/m0/s1. The fraction of sp³-hybridized carbons (Fsp3) is 0.400. The average molecular weight is 305 g/mol. The van der Waals surface area contributed by atoms with Gasteiger partial charge in [0, 0.05) is 22.8 Å². The summed E-state index contributed by atoms with van der Waals surface area (Å²) in [6.07, 6.45) is 0.947. The third-order valence-corrected chi connectivity index (χ3v) is 3.24. The van der Waals surface area contributed by atoms with Crippen LogP contribution in [0.5, 0.6) is 0 Å². The Morgan fingerprint density at radius 2 is 2.35 bits per heavy atom. The van der Waals surface area contributed by atoms with E-state index in [1.165, 1.54) is 16.1 Å². The van der Waals surface area contributed by atoms with Crippen LogP contribution >= 0.6 is 16.1 Å². The highest BCUT2D eigenvalue weighted by Crippen LogP contribution is 2.33. The van der Waals surface area contributed by atoms with Gasteiger partial charge in [-0.3, -0.25) is 10.1 Å². The lowest BCUT2D eigenvalue weighted by molar-refractivity contribution is -0.386. The first-order valence-electron chi connectivity index (χ1n) is 5.07. The lowest BCUT2D eigenvalue weighted by Crippen LogP contribution is -2.36. The van der Waals surface area contributed by atoms with Crippen molar-refractivity contribution in [3.8, 4) is 0 Å². The molecule has 0 N–H and O–H groups in total. The van der Waals surface area contributed by atoms with E-state index < -0.39 is 16.4 Å². The van der Waals surface area contributed by atoms with Crippen molar-refractivity contribution >= 4 is 27.5 Å². The number of nitro groups is 1. The van der Waals surface area contributed by atoms with Gasteiger partial charge in [0.2, 0.25) is 5.82 Å². The molecule has 0 amide bonds. The van der Waals surface area contributed by atoms with E-state index >= 15 is 0 Å². The molecular formula is C10H10BrFN2O3. The number of rotatable bonds is 4. The Balaban J connectivity index is 2.23. The maximum atomic E-state index is 13.4. The fourth-order valence-electron chi connectivity index (χ4n) is 1.59. The highest BCUT2D eigenvalue weighted by Gasteiger charge is 2.27. The molecule has 0 saturated carbocycles. The summed E-state index contributed by atoms with van der Waals surface area (Å²) < 4.78 is 20.1. The van der Waals surface area contributed by atoms with E-state index in [1.54, 1.807) is 0 Å². The smallest absolute Gasteiger partial charge is 0.328 e. The second kappa shape index (κ2) is 4.97. The highest BCUT2D eigenvalue weighted by atomic mass is 79.9. The normalized spacial score (nSPS) is 18.6. The maximum Gasteiger partial charge on any atom is 0.328 e. The minimum absolute atomic E-state index is 0.0391. The molecule has 0 unspecified atom stereocenters. The monoisotopic (exact) mass is 304 g/mol. The number of hydrogen-bond acceptors (Lipinski definition) is 4. The SMILES string of the molecule is O=[N+]([O-])c1c(F)cccc1N(Br)C[C@@H]1CCO1. The number of nitro benzene ring substituents is 1. The Morgan fingerprint density at radius 3 is 2.88 bits per heavy atom. The van der Waals surface area contributed by atoms with Gasteiger partial charge in [0.05, 0.1) is 17.6 Å². The van der Waals surface area contributed by atoms with Crippen LogP contribution < -0.4 is 3.93 Å². The van der Waals surface area contributed by atoms with Gasteiger partial charge < -0.3 is 8.66 Å². The van der Waals surface area contributed by atoms with Gasteiger partial charge in [0.15, 0.2) is 0 Å². The molecule has 1 aromatic carbocycles. The molecule has 1 aliphatic heterocycles. The predicted octanol–water partition coefficient (Wildman–Crippen LogP) is 2.64. The summed E-state index contributed by atoms with van der Waals surface area (Å²) >= 11 is 3.20. The predicted molar refractivity (Wildman–Crippen MR) is 63.7 cm³/mol. The lowest BCUT2D eigenvalue weighted by atomic mass is 10.2. The first kappa shape index (κ1) is 12.3. The van der Waals surface area contributed by atoms with Crippen LogP contribution in [0.2, 0.25) is 0 Å². The molecule has 17 heavy (non-hydrogen) atoms. The molecule has 0 aromatic heterocycles. The van der Waals surface area contributed by atoms with Gasteiger partial charge in [-0.1, -0.05) is 6.07 Å². The van der Waals surface area contributed by atoms with Gasteiger partial charge in [0.25, 0.3) is 0 Å². The number of ether oxygens (including phenoxy) is 1. The van der Waals surface area contributed by atoms with Crippen molar-refractivity contribution in [1.82, 2.24) is 0 Å². The molecule has 5 nitrogen and oxygen atoms in total. The number of anilines is 1. The number of halogens is 2. The lowest BCUT2D eigenvalue weighted by Gasteiger charge is -2.30. The van der Waals surface area contributed by atoms with Crippen LogP contribution in [0.15, 0.2) is 18.2 Å². The number of para-hydroxylation sites is 1. The zero-order valence-corrected chi connectivity index (χ0v) is 10.4. The van der Waals surface area contributed by atoms with E-state index in [0.29, 0.717) is 13.2 Å². The molecule has 0 aliphatic carbocycles. The van der Waals surface area contributed by atoms with Crippen LogP contribution in [0.25, 0.3) is 0 Å². The van der Waals surface area contributed by atoms with Crippen LogP contribution in [0, 0.1) is 15.9 Å². The second-order valence-corrected chi connectivity index (χ2v) is 4.55. The van der Waals surface area contributed by atoms with Crippen LogP contribution in [-0.2, 0) is 4.74 Å². The zero-order chi connectivity index (χ0) is 12.4. The van der Waals surface area contributed by atoms with Gasteiger partial charge in [-0.2, -0.15) is 4.39 Å². The topological polar surface area (TPSA) is 55.6 Å². The Morgan fingerprint density at radius 1 is 1.65 bits per heavy atom. The quantitative estimate of drug-likeness (QED) is 0.487. The van der Waals surface area contributed by atoms with Crippen molar-refractivity contribution in [1.29, 1.82) is 0 Å². The van der Waals surface area contributed by atoms with E-state index in [4.69, 9.17) is 4.74 Å². The molecule has 1 heterocycles. The molecule has 1 aliphatic rings. The summed E-state index contributed by atoms with van der Waals surface area (Å²) in [5.41, 5.74) is -0.325. The summed E-state index contributed by atoms with van der Waals surface area (Å²) in [5, 5.41) is 10.8. The van der Waals surface area contributed by atoms with Gasteiger partial charge >= 0.3 is 5.69 Å². The number of benzene rings is 1. The molecule has 7 heteroatoms. The van der Waals surface area contributed by atoms with Crippen molar-refractivity contribution in [3.63, 3.8) is 0 Å². The van der Waals surface area contributed by atoms with Gasteiger partial charge in [0.1, 0.15) is 5.69 Å². The van der Waals surface area contributed by atoms with E-state index in [9.17, 15) is 14.5 Å². The third kappa shape index (κ3) is 2.55. The molecule has 1 fully saturated rings. The number of hydrogen-bond donors (Lipinski definition) is 0. The summed E-state index contributed by atoms with van der Waals surface area (Å²) in [6.45, 7) is 1.15.